The van der Waals surface area contributed by atoms with Crippen LogP contribution < -0.4 is 10.6 Å². The first-order valence-corrected chi connectivity index (χ1v) is 12.9. The zero-order valence-corrected chi connectivity index (χ0v) is 21.1. The van der Waals surface area contributed by atoms with Crippen LogP contribution in [0.4, 0.5) is 20.4 Å². The minimum Gasteiger partial charge on any atom is -0.480 e. The first kappa shape index (κ1) is 25.7. The van der Waals surface area contributed by atoms with Gasteiger partial charge >= 0.3 is 5.97 Å². The number of hydrogen-bond acceptors (Lipinski definition) is 7. The third-order valence-electron chi connectivity index (χ3n) is 6.65. The Hall–Kier alpha value is -2.40. The van der Waals surface area contributed by atoms with Crippen LogP contribution in [0.15, 0.2) is 29.1 Å². The van der Waals surface area contributed by atoms with Crippen LogP contribution in [0.3, 0.4) is 0 Å². The van der Waals surface area contributed by atoms with Crippen molar-refractivity contribution in [1.82, 2.24) is 19.9 Å². The molecule has 3 N–H and O–H groups in total. The second kappa shape index (κ2) is 11.6. The number of carbonyl (C=O) groups is 1. The van der Waals surface area contributed by atoms with Crippen molar-refractivity contribution in [3.05, 3.63) is 40.4 Å². The number of pyridine rings is 1. The van der Waals surface area contributed by atoms with E-state index in [2.05, 4.69) is 48.7 Å². The van der Waals surface area contributed by atoms with Gasteiger partial charge in [-0.2, -0.15) is 0 Å². The summed E-state index contributed by atoms with van der Waals surface area (Å²) in [4.78, 5) is 26.5. The van der Waals surface area contributed by atoms with Crippen LogP contribution in [0, 0.1) is 0 Å². The number of hydrogen-bond donors (Lipinski definition) is 3. The fourth-order valence-electron chi connectivity index (χ4n) is 4.63. The van der Waals surface area contributed by atoms with Gasteiger partial charge in [-0.3, -0.25) is 4.90 Å². The number of fused-ring (bicyclic) bond motifs is 1. The van der Waals surface area contributed by atoms with Gasteiger partial charge in [-0.05, 0) is 72.6 Å². The van der Waals surface area contributed by atoms with Gasteiger partial charge < -0.3 is 15.7 Å². The van der Waals surface area contributed by atoms with E-state index in [0.717, 1.165) is 50.2 Å². The molecule has 3 heterocycles. The zero-order valence-electron chi connectivity index (χ0n) is 19.5. The molecule has 0 amide bonds. The highest BCUT2D eigenvalue weighted by molar-refractivity contribution is 9.10. The summed E-state index contributed by atoms with van der Waals surface area (Å²) >= 11 is 3.31. The summed E-state index contributed by atoms with van der Waals surface area (Å²) < 4.78 is 27.7. The molecule has 2 aliphatic rings. The first-order chi connectivity index (χ1) is 16.8. The van der Waals surface area contributed by atoms with E-state index in [-0.39, 0.29) is 25.3 Å². The molecule has 0 saturated heterocycles. The van der Waals surface area contributed by atoms with E-state index in [1.807, 2.05) is 4.90 Å². The van der Waals surface area contributed by atoms with Crippen LogP contribution in [0.1, 0.15) is 49.8 Å². The molecule has 2 aromatic rings. The smallest absolute Gasteiger partial charge is 0.326 e. The van der Waals surface area contributed by atoms with E-state index in [0.29, 0.717) is 23.4 Å². The number of rotatable bonds is 12. The van der Waals surface area contributed by atoms with Crippen molar-refractivity contribution in [1.29, 1.82) is 0 Å². The molecule has 1 saturated carbocycles. The number of carboxylic acids is 1. The molecule has 0 spiro atoms. The minimum absolute atomic E-state index is 0.173. The molecule has 1 aliphatic heterocycles. The molecule has 1 atom stereocenters. The topological polar surface area (TPSA) is 103 Å². The fourth-order valence-corrected chi connectivity index (χ4v) is 4.97. The average Bonchev–Trinajstić information content (AvgIpc) is 2.82. The molecule has 0 aromatic carbocycles. The van der Waals surface area contributed by atoms with Gasteiger partial charge in [0.25, 0.3) is 5.92 Å². The number of halogens is 3. The molecule has 8 nitrogen and oxygen atoms in total. The van der Waals surface area contributed by atoms with Gasteiger partial charge in [0, 0.05) is 43.9 Å². The maximum atomic E-state index is 13.6. The summed E-state index contributed by atoms with van der Waals surface area (Å²) in [7, 11) is 0. The first-order valence-electron chi connectivity index (χ1n) is 12.1. The predicted octanol–water partition coefficient (Wildman–Crippen LogP) is 4.37. The lowest BCUT2D eigenvalue weighted by Gasteiger charge is -2.43. The molecule has 35 heavy (non-hydrogen) atoms. The van der Waals surface area contributed by atoms with E-state index in [9.17, 15) is 18.7 Å². The molecule has 1 fully saturated rings. The van der Waals surface area contributed by atoms with E-state index in [1.54, 1.807) is 0 Å². The Bertz CT molecular complexity index is 1020. The van der Waals surface area contributed by atoms with Crippen LogP contribution in [0.2, 0.25) is 0 Å². The Balaban J connectivity index is 1.30. The van der Waals surface area contributed by atoms with E-state index >= 15 is 0 Å². The Morgan fingerprint density at radius 3 is 2.89 bits per heavy atom. The number of aryl methyl sites for hydroxylation is 2. The normalized spacial score (nSPS) is 17.8. The van der Waals surface area contributed by atoms with Crippen molar-refractivity contribution in [3.8, 4) is 0 Å². The number of carboxylic acid groups (broad SMARTS) is 1. The Kier molecular flexibility index (Phi) is 8.48. The van der Waals surface area contributed by atoms with E-state index in [1.165, 1.54) is 18.1 Å². The van der Waals surface area contributed by atoms with Crippen molar-refractivity contribution < 1.29 is 18.7 Å². The van der Waals surface area contributed by atoms with Gasteiger partial charge in [-0.25, -0.2) is 28.5 Å². The minimum atomic E-state index is -2.63. The Labute approximate surface area is 212 Å². The average molecular weight is 553 g/mol. The van der Waals surface area contributed by atoms with E-state index in [4.69, 9.17) is 4.98 Å². The lowest BCUT2D eigenvalue weighted by atomic mass is 9.86. The highest BCUT2D eigenvalue weighted by atomic mass is 79.9. The van der Waals surface area contributed by atoms with Gasteiger partial charge in [0.15, 0.2) is 0 Å². The quantitative estimate of drug-likeness (QED) is 0.333. The largest absolute Gasteiger partial charge is 0.480 e. The van der Waals surface area contributed by atoms with Crippen LogP contribution in [0.5, 0.6) is 0 Å². The Morgan fingerprint density at radius 1 is 1.31 bits per heavy atom. The SMILES string of the molecule is O=C(O)C(CCN(CCCCc1ccc2c(n1)NCCC2)C1CC(F)(F)C1)Nc1ncncc1Br. The second-order valence-electron chi connectivity index (χ2n) is 9.29. The third kappa shape index (κ3) is 7.07. The third-order valence-corrected chi connectivity index (χ3v) is 7.23. The molecule has 1 unspecified atom stereocenters. The molecular formula is C24H31BrF2N6O2. The number of unbranched alkanes of at least 4 members (excludes halogenated alkanes) is 1. The summed E-state index contributed by atoms with van der Waals surface area (Å²) in [6.45, 7) is 2.01. The van der Waals surface area contributed by atoms with Crippen LogP contribution >= 0.6 is 15.9 Å². The van der Waals surface area contributed by atoms with Gasteiger partial charge in [-0.1, -0.05) is 6.07 Å². The summed E-state index contributed by atoms with van der Waals surface area (Å²) in [5.41, 5.74) is 2.29. The zero-order chi connectivity index (χ0) is 24.8. The van der Waals surface area contributed by atoms with Crippen molar-refractivity contribution in [3.63, 3.8) is 0 Å². The molecule has 4 rings (SSSR count). The maximum Gasteiger partial charge on any atom is 0.326 e. The van der Waals surface area contributed by atoms with Crippen molar-refractivity contribution >= 4 is 33.5 Å². The number of aromatic nitrogens is 3. The maximum absolute atomic E-state index is 13.6. The summed E-state index contributed by atoms with van der Waals surface area (Å²) in [5.74, 6) is -2.27. The molecule has 0 radical (unpaired) electrons. The highest BCUT2D eigenvalue weighted by Gasteiger charge is 2.47. The van der Waals surface area contributed by atoms with E-state index < -0.39 is 17.9 Å². The van der Waals surface area contributed by atoms with Gasteiger partial charge in [0.05, 0.1) is 4.47 Å². The number of nitrogens with zero attached hydrogens (tertiary/aromatic N) is 4. The van der Waals surface area contributed by atoms with Crippen LogP contribution in [0.25, 0.3) is 0 Å². The summed E-state index contributed by atoms with van der Waals surface area (Å²) in [6.07, 6.45) is 7.51. The number of nitrogens with one attached hydrogen (secondary N) is 2. The molecule has 2 aromatic heterocycles. The molecular weight excluding hydrogens is 522 g/mol. The van der Waals surface area contributed by atoms with Gasteiger partial charge in [0.1, 0.15) is 24.0 Å². The monoisotopic (exact) mass is 552 g/mol. The van der Waals surface area contributed by atoms with Gasteiger partial charge in [-0.15, -0.1) is 0 Å². The summed E-state index contributed by atoms with van der Waals surface area (Å²) in [5, 5.41) is 16.0. The lowest BCUT2D eigenvalue weighted by Crippen LogP contribution is -2.52. The number of aliphatic carboxylic acids is 1. The number of anilines is 2. The highest BCUT2D eigenvalue weighted by Crippen LogP contribution is 2.40. The van der Waals surface area contributed by atoms with Crippen LogP contribution in [-0.2, 0) is 17.6 Å². The molecule has 190 valence electrons. The number of alkyl halides is 2. The predicted molar refractivity (Wildman–Crippen MR) is 133 cm³/mol. The van der Waals surface area contributed by atoms with Crippen molar-refractivity contribution in [2.45, 2.75) is 69.4 Å². The lowest BCUT2D eigenvalue weighted by molar-refractivity contribution is -0.139. The Morgan fingerprint density at radius 2 is 2.14 bits per heavy atom. The standard InChI is InChI=1S/C24H31BrF2N6O2/c25-19-14-28-15-30-22(19)32-20(23(34)35)8-11-33(18-12-24(26,27)13-18)10-2-1-5-17-7-6-16-4-3-9-29-21(16)31-17/h6-7,14-15,18,20H,1-5,8-13H2,(H,29,31)(H,34,35)(H,28,30,32). The van der Waals surface area contributed by atoms with Crippen molar-refractivity contribution in [2.24, 2.45) is 0 Å². The van der Waals surface area contributed by atoms with Crippen molar-refractivity contribution in [2.75, 3.05) is 30.3 Å². The van der Waals surface area contributed by atoms with Crippen LogP contribution in [-0.4, -0.2) is 68.6 Å². The van der Waals surface area contributed by atoms with Gasteiger partial charge in [0.2, 0.25) is 0 Å². The second-order valence-corrected chi connectivity index (χ2v) is 10.1. The fraction of sp³-hybridized carbons (Fsp3) is 0.583. The summed E-state index contributed by atoms with van der Waals surface area (Å²) in [6, 6.07) is 3.10. The molecule has 1 aliphatic carbocycles. The molecule has 11 heteroatoms. The molecule has 0 bridgehead atoms.